The van der Waals surface area contributed by atoms with Crippen LogP contribution in [0.3, 0.4) is 0 Å². The van der Waals surface area contributed by atoms with Crippen molar-refractivity contribution in [2.75, 3.05) is 39.6 Å². The average molecular weight is 1290 g/mol. The van der Waals surface area contributed by atoms with E-state index in [2.05, 4.69) is 58.9 Å². The lowest BCUT2D eigenvalue weighted by atomic mass is 10.00. The number of phosphoric acid groups is 2. The molecule has 0 fully saturated rings. The second-order valence-corrected chi connectivity index (χ2v) is 27.4. The van der Waals surface area contributed by atoms with Crippen molar-refractivity contribution in [3.05, 3.63) is 24.3 Å². The summed E-state index contributed by atoms with van der Waals surface area (Å²) in [6, 6.07) is 0. The maximum atomic E-state index is 13.0. The molecule has 0 rings (SSSR count). The fraction of sp³-hybridized carbons (Fsp3) is 0.884. The van der Waals surface area contributed by atoms with Crippen LogP contribution in [0.25, 0.3) is 0 Å². The number of aliphatic hydroxyl groups excluding tert-OH is 1. The molecule has 3 N–H and O–H groups in total. The van der Waals surface area contributed by atoms with E-state index in [9.17, 15) is 43.2 Å². The smallest absolute Gasteiger partial charge is 0.462 e. The number of unbranched alkanes of at least 4 members (excludes halogenated alkanes) is 35. The summed E-state index contributed by atoms with van der Waals surface area (Å²) < 4.78 is 68.2. The van der Waals surface area contributed by atoms with Gasteiger partial charge in [0.05, 0.1) is 26.4 Å². The highest BCUT2D eigenvalue weighted by molar-refractivity contribution is 7.47. The molecule has 0 spiro atoms. The molecule has 0 aromatic rings. The largest absolute Gasteiger partial charge is 0.472 e. The van der Waals surface area contributed by atoms with E-state index in [1.54, 1.807) is 0 Å². The number of carbonyl (C=O) groups is 4. The van der Waals surface area contributed by atoms with Crippen LogP contribution < -0.4 is 0 Å². The molecule has 0 aliphatic heterocycles. The molecule has 0 radical (unpaired) electrons. The summed E-state index contributed by atoms with van der Waals surface area (Å²) >= 11 is 0. The first kappa shape index (κ1) is 85.5. The Labute approximate surface area is 535 Å². The third-order valence-electron chi connectivity index (χ3n) is 15.8. The third kappa shape index (κ3) is 61.1. The van der Waals surface area contributed by atoms with Crippen molar-refractivity contribution in [1.29, 1.82) is 0 Å². The summed E-state index contributed by atoms with van der Waals surface area (Å²) in [6.07, 6.45) is 50.7. The van der Waals surface area contributed by atoms with Gasteiger partial charge in [0.2, 0.25) is 0 Å². The van der Waals surface area contributed by atoms with Crippen LogP contribution in [0.2, 0.25) is 0 Å². The molecule has 88 heavy (non-hydrogen) atoms. The Kier molecular flexibility index (Phi) is 60.3. The van der Waals surface area contributed by atoms with E-state index >= 15 is 0 Å². The second-order valence-electron chi connectivity index (χ2n) is 24.5. The van der Waals surface area contributed by atoms with E-state index in [0.29, 0.717) is 25.7 Å². The molecular formula is C69H130O17P2. The fourth-order valence-corrected chi connectivity index (χ4v) is 11.5. The van der Waals surface area contributed by atoms with Gasteiger partial charge >= 0.3 is 39.5 Å². The van der Waals surface area contributed by atoms with Gasteiger partial charge in [-0.2, -0.15) is 0 Å². The Morgan fingerprint density at radius 1 is 0.364 bits per heavy atom. The molecule has 0 saturated heterocycles. The van der Waals surface area contributed by atoms with Crippen LogP contribution >= 0.6 is 15.6 Å². The lowest BCUT2D eigenvalue weighted by Gasteiger charge is -2.21. The number of carbonyl (C=O) groups excluding carboxylic acids is 4. The number of hydrogen-bond acceptors (Lipinski definition) is 15. The SMILES string of the molecule is CCCCCC/C=C\C=C/CCCCCCCC(=O)O[C@H](COC(=O)CCCCCCCCCCCCCCC)COP(=O)(O)OC[C@@H](O)COP(=O)(O)OC[C@@H](COC(=O)CCCCCCCCCCCC)OC(=O)CCCCCCCCC(C)CC. The monoisotopic (exact) mass is 1290 g/mol. The normalized spacial score (nSPS) is 14.6. The van der Waals surface area contributed by atoms with Crippen molar-refractivity contribution in [2.24, 2.45) is 5.92 Å². The number of aliphatic hydroxyl groups is 1. The van der Waals surface area contributed by atoms with Crippen LogP contribution in [-0.2, 0) is 65.4 Å². The van der Waals surface area contributed by atoms with Gasteiger partial charge < -0.3 is 33.8 Å². The van der Waals surface area contributed by atoms with Gasteiger partial charge in [0.25, 0.3) is 0 Å². The summed E-state index contributed by atoms with van der Waals surface area (Å²) in [4.78, 5) is 72.4. The van der Waals surface area contributed by atoms with Crippen molar-refractivity contribution in [3.8, 4) is 0 Å². The molecule has 0 heterocycles. The van der Waals surface area contributed by atoms with Crippen LogP contribution in [0.1, 0.15) is 330 Å². The Balaban J connectivity index is 5.28. The van der Waals surface area contributed by atoms with Gasteiger partial charge in [0.15, 0.2) is 12.2 Å². The summed E-state index contributed by atoms with van der Waals surface area (Å²) in [5.41, 5.74) is 0. The van der Waals surface area contributed by atoms with Crippen LogP contribution in [0.15, 0.2) is 24.3 Å². The lowest BCUT2D eigenvalue weighted by Crippen LogP contribution is -2.30. The van der Waals surface area contributed by atoms with E-state index in [-0.39, 0.29) is 25.7 Å². The molecule has 518 valence electrons. The maximum absolute atomic E-state index is 13.0. The molecule has 0 aliphatic rings. The lowest BCUT2D eigenvalue weighted by molar-refractivity contribution is -0.161. The first-order valence-electron chi connectivity index (χ1n) is 35.5. The van der Waals surface area contributed by atoms with E-state index in [0.717, 1.165) is 109 Å². The zero-order valence-corrected chi connectivity index (χ0v) is 58.1. The summed E-state index contributed by atoms with van der Waals surface area (Å²) in [5.74, 6) is -1.44. The van der Waals surface area contributed by atoms with Gasteiger partial charge in [-0.1, -0.05) is 277 Å². The minimum absolute atomic E-state index is 0.0853. The first-order chi connectivity index (χ1) is 42.6. The van der Waals surface area contributed by atoms with Crippen LogP contribution in [0, 0.1) is 5.92 Å². The fourth-order valence-electron chi connectivity index (χ4n) is 9.89. The van der Waals surface area contributed by atoms with Crippen LogP contribution in [0.5, 0.6) is 0 Å². The van der Waals surface area contributed by atoms with Gasteiger partial charge in [-0.25, -0.2) is 9.13 Å². The topological polar surface area (TPSA) is 237 Å². The Morgan fingerprint density at radius 3 is 0.966 bits per heavy atom. The molecule has 0 aliphatic carbocycles. The Hall–Kier alpha value is -2.46. The van der Waals surface area contributed by atoms with Gasteiger partial charge in [-0.15, -0.1) is 0 Å². The third-order valence-corrected chi connectivity index (χ3v) is 17.7. The average Bonchev–Trinajstić information content (AvgIpc) is 3.63. The highest BCUT2D eigenvalue weighted by Crippen LogP contribution is 2.45. The predicted octanol–water partition coefficient (Wildman–Crippen LogP) is 19.3. The zero-order valence-electron chi connectivity index (χ0n) is 56.3. The Morgan fingerprint density at radius 2 is 0.636 bits per heavy atom. The zero-order chi connectivity index (χ0) is 64.9. The molecule has 19 heteroatoms. The number of ether oxygens (including phenoxy) is 4. The Bertz CT molecular complexity index is 1800. The minimum atomic E-state index is -4.96. The summed E-state index contributed by atoms with van der Waals surface area (Å²) in [7, 11) is -9.91. The first-order valence-corrected chi connectivity index (χ1v) is 38.5. The molecule has 3 unspecified atom stereocenters. The molecular weight excluding hydrogens is 1160 g/mol. The van der Waals surface area contributed by atoms with E-state index in [4.69, 9.17) is 37.0 Å². The van der Waals surface area contributed by atoms with Crippen LogP contribution in [0.4, 0.5) is 0 Å². The van der Waals surface area contributed by atoms with Gasteiger partial charge in [-0.05, 0) is 57.3 Å². The number of allylic oxidation sites excluding steroid dienone is 4. The van der Waals surface area contributed by atoms with Crippen molar-refractivity contribution in [1.82, 2.24) is 0 Å². The van der Waals surface area contributed by atoms with E-state index in [1.165, 1.54) is 141 Å². The predicted molar refractivity (Wildman–Crippen MR) is 354 cm³/mol. The summed E-state index contributed by atoms with van der Waals surface area (Å²) in [5, 5.41) is 10.6. The van der Waals surface area contributed by atoms with Gasteiger partial charge in [-0.3, -0.25) is 37.3 Å². The van der Waals surface area contributed by atoms with Gasteiger partial charge in [0, 0.05) is 25.7 Å². The van der Waals surface area contributed by atoms with Gasteiger partial charge in [0.1, 0.15) is 19.3 Å². The van der Waals surface area contributed by atoms with Crippen molar-refractivity contribution >= 4 is 39.5 Å². The number of hydrogen-bond donors (Lipinski definition) is 3. The molecule has 0 aromatic carbocycles. The standard InChI is InChI=1S/C69H130O17P2/c1-6-10-13-16-19-22-25-27-28-30-32-35-38-44-49-54-68(73)85-64(58-79-67(72)53-48-43-37-34-31-29-26-23-20-17-14-11-7-2)60-83-87(75,76)81-56-63(70)57-82-88(77,78)84-61-65(86-69(74)55-50-45-40-39-41-46-51-62(5)9-4)59-80-66(71)52-47-42-36-33-24-21-18-15-12-8-3/h22,25,27-28,62-65,70H,6-21,23-24,26,29-61H2,1-5H3,(H,75,76)(H,77,78)/b25-22-,28-27-/t62?,63-,64-,65-/m1/s1. The highest BCUT2D eigenvalue weighted by atomic mass is 31.2. The number of phosphoric ester groups is 2. The molecule has 0 bridgehead atoms. The maximum Gasteiger partial charge on any atom is 0.472 e. The highest BCUT2D eigenvalue weighted by Gasteiger charge is 2.30. The van der Waals surface area contributed by atoms with Crippen molar-refractivity contribution in [3.63, 3.8) is 0 Å². The van der Waals surface area contributed by atoms with E-state index in [1.807, 2.05) is 0 Å². The molecule has 0 amide bonds. The molecule has 0 saturated carbocycles. The molecule has 6 atom stereocenters. The second kappa shape index (κ2) is 62.0. The minimum Gasteiger partial charge on any atom is -0.462 e. The van der Waals surface area contributed by atoms with E-state index < -0.39 is 97.5 Å². The number of esters is 4. The van der Waals surface area contributed by atoms with Crippen LogP contribution in [-0.4, -0.2) is 96.7 Å². The molecule has 0 aromatic heterocycles. The van der Waals surface area contributed by atoms with Crippen molar-refractivity contribution in [2.45, 2.75) is 348 Å². The molecule has 17 nitrogen and oxygen atoms in total. The summed E-state index contributed by atoms with van der Waals surface area (Å²) in [6.45, 7) is 7.11. The quantitative estimate of drug-likeness (QED) is 0.0169. The van der Waals surface area contributed by atoms with Crippen molar-refractivity contribution < 1.29 is 80.2 Å². The number of rotatable bonds is 67.